The zero-order valence-electron chi connectivity index (χ0n) is 10.4. The molecule has 1 fully saturated rings. The van der Waals surface area contributed by atoms with Gasteiger partial charge in [0, 0.05) is 11.6 Å². The summed E-state index contributed by atoms with van der Waals surface area (Å²) in [5.41, 5.74) is 0.389. The average molecular weight is 291 g/mol. The molecule has 20 heavy (non-hydrogen) atoms. The Morgan fingerprint density at radius 2 is 1.95 bits per heavy atom. The van der Waals surface area contributed by atoms with E-state index in [-0.39, 0.29) is 12.1 Å². The highest BCUT2D eigenvalue weighted by Crippen LogP contribution is 2.20. The third-order valence-corrected chi connectivity index (χ3v) is 3.05. The topological polar surface area (TPSA) is 66.5 Å². The molecular weight excluding hydrogens is 280 g/mol. The van der Waals surface area contributed by atoms with Gasteiger partial charge in [0.2, 0.25) is 0 Å². The number of benzene rings is 1. The molecule has 0 aromatic heterocycles. The van der Waals surface area contributed by atoms with Gasteiger partial charge in [0.1, 0.15) is 5.57 Å². The van der Waals surface area contributed by atoms with Crippen LogP contribution in [0, 0.1) is 0 Å². The summed E-state index contributed by atoms with van der Waals surface area (Å²) >= 11 is 5.98. The van der Waals surface area contributed by atoms with Crippen LogP contribution in [0.15, 0.2) is 42.5 Å². The Labute approximate surface area is 120 Å². The molecule has 0 unspecified atom stereocenters. The van der Waals surface area contributed by atoms with E-state index < -0.39 is 17.8 Å². The van der Waals surface area contributed by atoms with Gasteiger partial charge < -0.3 is 0 Å². The van der Waals surface area contributed by atoms with Crippen LogP contribution in [0.1, 0.15) is 5.56 Å². The van der Waals surface area contributed by atoms with E-state index in [1.54, 1.807) is 24.3 Å². The van der Waals surface area contributed by atoms with Gasteiger partial charge in [0.25, 0.3) is 11.8 Å². The molecular formula is C14H11ClN2O3. The first-order valence-electron chi connectivity index (χ1n) is 5.79. The Morgan fingerprint density at radius 3 is 2.60 bits per heavy atom. The van der Waals surface area contributed by atoms with Crippen LogP contribution in [0.3, 0.4) is 0 Å². The summed E-state index contributed by atoms with van der Waals surface area (Å²) in [6.45, 7) is 3.49. The molecule has 1 aliphatic heterocycles. The van der Waals surface area contributed by atoms with Crippen molar-refractivity contribution in [3.63, 3.8) is 0 Å². The summed E-state index contributed by atoms with van der Waals surface area (Å²) in [4.78, 5) is 36.3. The number of carbonyl (C=O) groups is 3. The maximum Gasteiger partial charge on any atom is 0.331 e. The molecule has 0 bridgehead atoms. The lowest BCUT2D eigenvalue weighted by Gasteiger charge is -2.25. The molecule has 0 saturated carbocycles. The largest absolute Gasteiger partial charge is 0.331 e. The molecule has 1 aromatic rings. The lowest BCUT2D eigenvalue weighted by molar-refractivity contribution is -0.129. The van der Waals surface area contributed by atoms with E-state index in [9.17, 15) is 14.4 Å². The lowest BCUT2D eigenvalue weighted by Crippen LogP contribution is -2.54. The van der Waals surface area contributed by atoms with Crippen LogP contribution in [-0.4, -0.2) is 29.3 Å². The second kappa shape index (κ2) is 5.71. The maximum atomic E-state index is 12.1. The normalized spacial score (nSPS) is 17.4. The van der Waals surface area contributed by atoms with E-state index in [4.69, 9.17) is 11.6 Å². The van der Waals surface area contributed by atoms with Gasteiger partial charge in [-0.2, -0.15) is 0 Å². The molecule has 0 spiro atoms. The predicted molar refractivity (Wildman–Crippen MR) is 74.9 cm³/mol. The van der Waals surface area contributed by atoms with E-state index in [1.165, 1.54) is 12.2 Å². The van der Waals surface area contributed by atoms with Crippen LogP contribution in [0.4, 0.5) is 4.79 Å². The lowest BCUT2D eigenvalue weighted by atomic mass is 10.1. The van der Waals surface area contributed by atoms with Gasteiger partial charge in [-0.3, -0.25) is 19.8 Å². The number of hydrogen-bond acceptors (Lipinski definition) is 3. The predicted octanol–water partition coefficient (Wildman–Crippen LogP) is 1.99. The molecule has 4 amide bonds. The van der Waals surface area contributed by atoms with E-state index >= 15 is 0 Å². The van der Waals surface area contributed by atoms with Crippen LogP contribution in [0.5, 0.6) is 0 Å². The summed E-state index contributed by atoms with van der Waals surface area (Å²) in [6, 6.07) is 6.03. The van der Waals surface area contributed by atoms with Gasteiger partial charge in [0.05, 0.1) is 0 Å². The number of halogens is 1. The minimum absolute atomic E-state index is 0.0256. The fourth-order valence-corrected chi connectivity index (χ4v) is 1.93. The van der Waals surface area contributed by atoms with Crippen molar-refractivity contribution in [2.75, 3.05) is 6.54 Å². The molecule has 2 rings (SSSR count). The van der Waals surface area contributed by atoms with Gasteiger partial charge in [-0.25, -0.2) is 4.79 Å². The van der Waals surface area contributed by atoms with Crippen LogP contribution < -0.4 is 5.32 Å². The molecule has 0 atom stereocenters. The van der Waals surface area contributed by atoms with Gasteiger partial charge in [-0.15, -0.1) is 6.58 Å². The summed E-state index contributed by atoms with van der Waals surface area (Å²) in [7, 11) is 0. The highest BCUT2D eigenvalue weighted by molar-refractivity contribution is 6.34. The summed E-state index contributed by atoms with van der Waals surface area (Å²) in [6.07, 6.45) is 2.77. The van der Waals surface area contributed by atoms with E-state index in [0.717, 1.165) is 4.90 Å². The smallest absolute Gasteiger partial charge is 0.273 e. The van der Waals surface area contributed by atoms with Crippen molar-refractivity contribution in [3.05, 3.63) is 53.1 Å². The first kappa shape index (κ1) is 14.0. The number of barbiturate groups is 1. The van der Waals surface area contributed by atoms with Crippen LogP contribution in [0.2, 0.25) is 5.02 Å². The monoisotopic (exact) mass is 290 g/mol. The molecule has 1 heterocycles. The Kier molecular flexibility index (Phi) is 4.00. The Bertz CT molecular complexity index is 637. The van der Waals surface area contributed by atoms with Crippen molar-refractivity contribution >= 4 is 35.5 Å². The molecule has 0 aliphatic carbocycles. The number of amides is 4. The molecule has 1 N–H and O–H groups in total. The first-order valence-corrected chi connectivity index (χ1v) is 6.16. The van der Waals surface area contributed by atoms with Gasteiger partial charge in [0.15, 0.2) is 0 Å². The molecule has 6 heteroatoms. The fraction of sp³-hybridized carbons (Fsp3) is 0.0714. The number of hydrogen-bond donors (Lipinski definition) is 1. The standard InChI is InChI=1S/C14H11ClN2O3/c1-2-7-17-13(19)10(12(18)16-14(17)20)8-9-5-3-4-6-11(9)15/h2-6,8H,1,7H2,(H,16,18,20)/b10-8+. The number of urea groups is 1. The average Bonchev–Trinajstić information content (AvgIpc) is 2.41. The quantitative estimate of drug-likeness (QED) is 0.526. The first-order chi connectivity index (χ1) is 9.54. The summed E-state index contributed by atoms with van der Waals surface area (Å²) in [5.74, 6) is -1.40. The van der Waals surface area contributed by atoms with Crippen molar-refractivity contribution in [2.24, 2.45) is 0 Å². The number of nitrogens with zero attached hydrogens (tertiary/aromatic N) is 1. The number of imide groups is 2. The highest BCUT2D eigenvalue weighted by Gasteiger charge is 2.34. The summed E-state index contributed by atoms with van der Waals surface area (Å²) in [5, 5.41) is 2.51. The van der Waals surface area contributed by atoms with Crippen molar-refractivity contribution in [1.82, 2.24) is 10.2 Å². The number of rotatable bonds is 3. The minimum Gasteiger partial charge on any atom is -0.273 e. The minimum atomic E-state index is -0.754. The van der Waals surface area contributed by atoms with E-state index in [0.29, 0.717) is 10.6 Å². The van der Waals surface area contributed by atoms with E-state index in [2.05, 4.69) is 11.9 Å². The maximum absolute atomic E-state index is 12.1. The molecule has 0 radical (unpaired) electrons. The van der Waals surface area contributed by atoms with Crippen molar-refractivity contribution in [1.29, 1.82) is 0 Å². The third-order valence-electron chi connectivity index (χ3n) is 2.70. The SMILES string of the molecule is C=CCN1C(=O)NC(=O)/C(=C\c2ccccc2Cl)C1=O. The molecule has 1 saturated heterocycles. The summed E-state index contributed by atoms with van der Waals surface area (Å²) < 4.78 is 0. The van der Waals surface area contributed by atoms with Crippen LogP contribution in [0.25, 0.3) is 6.08 Å². The fourth-order valence-electron chi connectivity index (χ4n) is 1.74. The zero-order valence-corrected chi connectivity index (χ0v) is 11.2. The van der Waals surface area contributed by atoms with Crippen molar-refractivity contribution in [3.8, 4) is 0 Å². The Hall–Kier alpha value is -2.40. The Balaban J connectivity index is 2.42. The zero-order chi connectivity index (χ0) is 14.7. The van der Waals surface area contributed by atoms with Crippen molar-refractivity contribution in [2.45, 2.75) is 0 Å². The van der Waals surface area contributed by atoms with Gasteiger partial charge >= 0.3 is 6.03 Å². The number of nitrogens with one attached hydrogen (secondary N) is 1. The number of carbonyl (C=O) groups excluding carboxylic acids is 3. The van der Waals surface area contributed by atoms with Crippen molar-refractivity contribution < 1.29 is 14.4 Å². The van der Waals surface area contributed by atoms with E-state index in [1.807, 2.05) is 0 Å². The van der Waals surface area contributed by atoms with Crippen LogP contribution >= 0.6 is 11.6 Å². The van der Waals surface area contributed by atoms with Gasteiger partial charge in [-0.05, 0) is 17.7 Å². The van der Waals surface area contributed by atoms with Crippen LogP contribution in [-0.2, 0) is 9.59 Å². The molecule has 102 valence electrons. The second-order valence-corrected chi connectivity index (χ2v) is 4.45. The molecule has 5 nitrogen and oxygen atoms in total. The second-order valence-electron chi connectivity index (χ2n) is 4.04. The highest BCUT2D eigenvalue weighted by atomic mass is 35.5. The molecule has 1 aromatic carbocycles. The molecule has 1 aliphatic rings. The third kappa shape index (κ3) is 2.62. The van der Waals surface area contributed by atoms with Gasteiger partial charge in [-0.1, -0.05) is 35.9 Å². The Morgan fingerprint density at radius 1 is 1.25 bits per heavy atom.